The lowest BCUT2D eigenvalue weighted by molar-refractivity contribution is -0.117. The lowest BCUT2D eigenvalue weighted by Gasteiger charge is -2.31. The van der Waals surface area contributed by atoms with Gasteiger partial charge >= 0.3 is 0 Å². The first-order valence-corrected chi connectivity index (χ1v) is 8.90. The Morgan fingerprint density at radius 3 is 2.76 bits per heavy atom. The first kappa shape index (κ1) is 14.9. The highest BCUT2D eigenvalue weighted by Gasteiger charge is 2.44. The van der Waals surface area contributed by atoms with Crippen LogP contribution in [0.15, 0.2) is 18.2 Å². The topological polar surface area (TPSA) is 81.3 Å². The predicted octanol–water partition coefficient (Wildman–Crippen LogP) is 1.44. The van der Waals surface area contributed by atoms with E-state index in [2.05, 4.69) is 27.5 Å². The van der Waals surface area contributed by atoms with Gasteiger partial charge in [0.1, 0.15) is 0 Å². The zero-order valence-electron chi connectivity index (χ0n) is 14.2. The minimum absolute atomic E-state index is 0.0162. The van der Waals surface area contributed by atoms with Gasteiger partial charge in [-0.15, -0.1) is 0 Å². The summed E-state index contributed by atoms with van der Waals surface area (Å²) in [6.07, 6.45) is 2.98. The SMILES string of the molecule is CN1C[C@@H]2C[C@H]1CN2C(=O)c1n[nH]c2ccc(NC(=O)C3CC3)cc12. The van der Waals surface area contributed by atoms with Crippen LogP contribution < -0.4 is 5.32 Å². The minimum atomic E-state index is -0.0162. The number of carbonyl (C=O) groups is 2. The fourth-order valence-corrected chi connectivity index (χ4v) is 4.10. The van der Waals surface area contributed by atoms with Crippen molar-refractivity contribution in [3.63, 3.8) is 0 Å². The van der Waals surface area contributed by atoms with Crippen molar-refractivity contribution in [3.8, 4) is 0 Å². The third kappa shape index (κ3) is 2.41. The largest absolute Gasteiger partial charge is 0.331 e. The highest BCUT2D eigenvalue weighted by atomic mass is 16.2. The molecule has 0 unspecified atom stereocenters. The van der Waals surface area contributed by atoms with Crippen LogP contribution in [0.3, 0.4) is 0 Å². The van der Waals surface area contributed by atoms with E-state index in [0.29, 0.717) is 11.7 Å². The lowest BCUT2D eigenvalue weighted by atomic mass is 10.1. The van der Waals surface area contributed by atoms with E-state index in [1.165, 1.54) is 0 Å². The number of piperazine rings is 1. The van der Waals surface area contributed by atoms with E-state index in [1.54, 1.807) is 0 Å². The number of hydrogen-bond acceptors (Lipinski definition) is 4. The number of H-pyrrole nitrogens is 1. The molecule has 2 atom stereocenters. The molecule has 5 rings (SSSR count). The van der Waals surface area contributed by atoms with E-state index < -0.39 is 0 Å². The van der Waals surface area contributed by atoms with E-state index in [-0.39, 0.29) is 23.8 Å². The molecule has 1 aliphatic carbocycles. The maximum Gasteiger partial charge on any atom is 0.275 e. The number of likely N-dealkylation sites (N-methyl/N-ethyl adjacent to an activating group) is 1. The monoisotopic (exact) mass is 339 g/mol. The Kier molecular flexibility index (Phi) is 3.15. The molecule has 1 saturated carbocycles. The van der Waals surface area contributed by atoms with Crippen LogP contribution in [0.5, 0.6) is 0 Å². The van der Waals surface area contributed by atoms with Gasteiger partial charge in [0.2, 0.25) is 5.91 Å². The predicted molar refractivity (Wildman–Crippen MR) is 93.3 cm³/mol. The van der Waals surface area contributed by atoms with Crippen molar-refractivity contribution >= 4 is 28.4 Å². The van der Waals surface area contributed by atoms with Gasteiger partial charge in [0, 0.05) is 42.2 Å². The molecular weight excluding hydrogens is 318 g/mol. The van der Waals surface area contributed by atoms with Crippen LogP contribution >= 0.6 is 0 Å². The molecule has 3 aliphatic rings. The second kappa shape index (κ2) is 5.29. The molecule has 1 aromatic carbocycles. The number of benzene rings is 1. The number of aromatic nitrogens is 2. The normalized spacial score (nSPS) is 25.7. The first-order chi connectivity index (χ1) is 12.1. The van der Waals surface area contributed by atoms with Crippen molar-refractivity contribution in [2.24, 2.45) is 5.92 Å². The zero-order chi connectivity index (χ0) is 17.1. The van der Waals surface area contributed by atoms with Crippen molar-refractivity contribution < 1.29 is 9.59 Å². The number of carbonyl (C=O) groups excluding carboxylic acids is 2. The van der Waals surface area contributed by atoms with Crippen LogP contribution in [0, 0.1) is 5.92 Å². The highest BCUT2D eigenvalue weighted by molar-refractivity contribution is 6.06. The number of amides is 2. The lowest BCUT2D eigenvalue weighted by Crippen LogP contribution is -2.47. The average Bonchev–Trinajstić information content (AvgIpc) is 3.10. The fourth-order valence-electron chi connectivity index (χ4n) is 4.10. The molecule has 3 heterocycles. The summed E-state index contributed by atoms with van der Waals surface area (Å²) < 4.78 is 0. The molecule has 2 N–H and O–H groups in total. The fraction of sp³-hybridized carbons (Fsp3) is 0.500. The maximum absolute atomic E-state index is 13.0. The van der Waals surface area contributed by atoms with Gasteiger partial charge in [0.25, 0.3) is 5.91 Å². The third-order valence-electron chi connectivity index (χ3n) is 5.76. The Balaban J connectivity index is 1.43. The standard InChI is InChI=1S/C18H21N5O2/c1-22-8-13-7-12(22)9-23(13)18(25)16-14-6-11(4-5-15(14)20-21-16)19-17(24)10-2-3-10/h4-6,10,12-13H,2-3,7-9H2,1H3,(H,19,24)(H,20,21)/t12-,13-/m0/s1. The Bertz CT molecular complexity index is 869. The molecular formula is C18H21N5O2. The molecule has 0 spiro atoms. The van der Waals surface area contributed by atoms with Crippen molar-refractivity contribution in [1.29, 1.82) is 0 Å². The number of rotatable bonds is 3. The molecule has 2 aliphatic heterocycles. The second-order valence-electron chi connectivity index (χ2n) is 7.54. The van der Waals surface area contributed by atoms with Crippen molar-refractivity contribution in [2.45, 2.75) is 31.3 Å². The molecule has 130 valence electrons. The number of hydrogen-bond donors (Lipinski definition) is 2. The van der Waals surface area contributed by atoms with Crippen LogP contribution in [-0.2, 0) is 4.79 Å². The van der Waals surface area contributed by atoms with Crippen LogP contribution in [0.2, 0.25) is 0 Å². The zero-order valence-corrected chi connectivity index (χ0v) is 14.2. The summed E-state index contributed by atoms with van der Waals surface area (Å²) in [7, 11) is 2.12. The number of nitrogens with zero attached hydrogens (tertiary/aromatic N) is 3. The van der Waals surface area contributed by atoms with Crippen molar-refractivity contribution in [2.75, 3.05) is 25.5 Å². The van der Waals surface area contributed by atoms with Gasteiger partial charge in [0.15, 0.2) is 5.69 Å². The Morgan fingerprint density at radius 1 is 1.24 bits per heavy atom. The molecule has 3 fully saturated rings. The van der Waals surface area contributed by atoms with Crippen molar-refractivity contribution in [3.05, 3.63) is 23.9 Å². The van der Waals surface area contributed by atoms with Gasteiger partial charge in [-0.05, 0) is 44.5 Å². The van der Waals surface area contributed by atoms with Gasteiger partial charge in [-0.3, -0.25) is 19.6 Å². The number of nitrogens with one attached hydrogen (secondary N) is 2. The van der Waals surface area contributed by atoms with Crippen LogP contribution in [-0.4, -0.2) is 64.0 Å². The minimum Gasteiger partial charge on any atom is -0.331 e. The number of likely N-dealkylation sites (tertiary alicyclic amines) is 2. The van der Waals surface area contributed by atoms with Crippen molar-refractivity contribution in [1.82, 2.24) is 20.0 Å². The van der Waals surface area contributed by atoms with Crippen LogP contribution in [0.25, 0.3) is 10.9 Å². The molecule has 1 aromatic heterocycles. The maximum atomic E-state index is 13.0. The molecule has 2 aromatic rings. The van der Waals surface area contributed by atoms with E-state index in [9.17, 15) is 9.59 Å². The van der Waals surface area contributed by atoms with Gasteiger partial charge in [-0.25, -0.2) is 0 Å². The Morgan fingerprint density at radius 2 is 2.08 bits per heavy atom. The number of aromatic amines is 1. The number of anilines is 1. The van der Waals surface area contributed by atoms with Gasteiger partial charge in [-0.2, -0.15) is 5.10 Å². The average molecular weight is 339 g/mol. The van der Waals surface area contributed by atoms with E-state index >= 15 is 0 Å². The molecule has 0 radical (unpaired) electrons. The Hall–Kier alpha value is -2.41. The third-order valence-corrected chi connectivity index (χ3v) is 5.76. The van der Waals surface area contributed by atoms with E-state index in [0.717, 1.165) is 48.9 Å². The van der Waals surface area contributed by atoms with Gasteiger partial charge in [-0.1, -0.05) is 0 Å². The molecule has 2 bridgehead atoms. The van der Waals surface area contributed by atoms with E-state index in [1.807, 2.05) is 23.1 Å². The molecule has 7 nitrogen and oxygen atoms in total. The van der Waals surface area contributed by atoms with E-state index in [4.69, 9.17) is 0 Å². The van der Waals surface area contributed by atoms with Crippen LogP contribution in [0.1, 0.15) is 29.8 Å². The summed E-state index contributed by atoms with van der Waals surface area (Å²) in [5.41, 5.74) is 1.99. The highest BCUT2D eigenvalue weighted by Crippen LogP contribution is 2.33. The molecule has 25 heavy (non-hydrogen) atoms. The number of fused-ring (bicyclic) bond motifs is 3. The summed E-state index contributed by atoms with van der Waals surface area (Å²) >= 11 is 0. The Labute approximate surface area is 145 Å². The second-order valence-corrected chi connectivity index (χ2v) is 7.54. The first-order valence-electron chi connectivity index (χ1n) is 8.90. The van der Waals surface area contributed by atoms with Gasteiger partial charge < -0.3 is 10.2 Å². The van der Waals surface area contributed by atoms with Crippen LogP contribution in [0.4, 0.5) is 5.69 Å². The summed E-state index contributed by atoms with van der Waals surface area (Å²) in [5, 5.41) is 10.9. The smallest absolute Gasteiger partial charge is 0.275 e. The summed E-state index contributed by atoms with van der Waals surface area (Å²) in [4.78, 5) is 29.3. The molecule has 7 heteroatoms. The molecule has 2 amide bonds. The van der Waals surface area contributed by atoms with Gasteiger partial charge in [0.05, 0.1) is 5.52 Å². The molecule has 2 saturated heterocycles. The quantitative estimate of drug-likeness (QED) is 0.887. The summed E-state index contributed by atoms with van der Waals surface area (Å²) in [5.74, 6) is 0.200. The summed E-state index contributed by atoms with van der Waals surface area (Å²) in [6.45, 7) is 1.70. The summed E-state index contributed by atoms with van der Waals surface area (Å²) in [6, 6.07) is 6.32.